The van der Waals surface area contributed by atoms with Crippen LogP contribution in [0.2, 0.25) is 0 Å². The molecule has 0 aliphatic heterocycles. The molecule has 6 nitrogen and oxygen atoms in total. The molecule has 0 aliphatic carbocycles. The molecule has 1 amide bonds. The minimum absolute atomic E-state index is 0.126. The van der Waals surface area contributed by atoms with Crippen LogP contribution in [0.5, 0.6) is 0 Å². The van der Waals surface area contributed by atoms with Gasteiger partial charge in [-0.1, -0.05) is 48.5 Å². The highest BCUT2D eigenvalue weighted by molar-refractivity contribution is 7.13. The molecule has 5 aromatic rings. The van der Waals surface area contributed by atoms with Crippen molar-refractivity contribution < 1.29 is 4.79 Å². The molecule has 0 atom stereocenters. The van der Waals surface area contributed by atoms with Gasteiger partial charge in [0.1, 0.15) is 11.5 Å². The van der Waals surface area contributed by atoms with Gasteiger partial charge in [-0.25, -0.2) is 4.98 Å². The predicted molar refractivity (Wildman–Crippen MR) is 123 cm³/mol. The molecule has 0 aliphatic rings. The summed E-state index contributed by atoms with van der Waals surface area (Å²) in [4.78, 5) is 21.8. The number of fused-ring (bicyclic) bond motifs is 1. The Morgan fingerprint density at radius 1 is 1.03 bits per heavy atom. The van der Waals surface area contributed by atoms with Crippen LogP contribution in [0.3, 0.4) is 0 Å². The van der Waals surface area contributed by atoms with Crippen molar-refractivity contribution in [2.24, 2.45) is 0 Å². The van der Waals surface area contributed by atoms with E-state index in [-0.39, 0.29) is 5.91 Å². The number of carbonyl (C=O) groups excluding carboxylic acids is 1. The largest absolute Gasteiger partial charge is 0.351 e. The summed E-state index contributed by atoms with van der Waals surface area (Å²) in [7, 11) is 0. The zero-order chi connectivity index (χ0) is 21.0. The lowest BCUT2D eigenvalue weighted by Gasteiger charge is -2.03. The number of nitrogens with zero attached hydrogens (tertiary/aromatic N) is 3. The number of aromatic nitrogens is 4. The highest BCUT2D eigenvalue weighted by atomic mass is 32.1. The first-order chi connectivity index (χ1) is 15.3. The van der Waals surface area contributed by atoms with Gasteiger partial charge in [0.25, 0.3) is 5.91 Å². The van der Waals surface area contributed by atoms with Crippen molar-refractivity contribution in [3.05, 3.63) is 95.3 Å². The fourth-order valence-electron chi connectivity index (χ4n) is 3.55. The van der Waals surface area contributed by atoms with Crippen molar-refractivity contribution in [1.82, 2.24) is 25.1 Å². The van der Waals surface area contributed by atoms with E-state index in [1.54, 1.807) is 11.3 Å². The minimum atomic E-state index is -0.126. The van der Waals surface area contributed by atoms with E-state index in [4.69, 9.17) is 5.10 Å². The minimum Gasteiger partial charge on any atom is -0.351 e. The first-order valence-electron chi connectivity index (χ1n) is 10.1. The molecule has 2 N–H and O–H groups in total. The highest BCUT2D eigenvalue weighted by Gasteiger charge is 2.19. The molecule has 0 bridgehead atoms. The Bertz CT molecular complexity index is 1270. The lowest BCUT2D eigenvalue weighted by molar-refractivity contribution is 0.0954. The van der Waals surface area contributed by atoms with E-state index in [0.717, 1.165) is 27.3 Å². The first kappa shape index (κ1) is 19.3. The second-order valence-corrected chi connectivity index (χ2v) is 8.21. The van der Waals surface area contributed by atoms with Gasteiger partial charge in [-0.15, -0.1) is 11.3 Å². The van der Waals surface area contributed by atoms with E-state index in [2.05, 4.69) is 27.4 Å². The third kappa shape index (κ3) is 4.27. The van der Waals surface area contributed by atoms with Crippen molar-refractivity contribution in [2.45, 2.75) is 13.0 Å². The van der Waals surface area contributed by atoms with Crippen LogP contribution < -0.4 is 5.32 Å². The van der Waals surface area contributed by atoms with Crippen LogP contribution in [-0.2, 0) is 13.0 Å². The quantitative estimate of drug-likeness (QED) is 0.401. The predicted octanol–water partition coefficient (Wildman–Crippen LogP) is 4.51. The summed E-state index contributed by atoms with van der Waals surface area (Å²) in [5, 5.41) is 9.73. The van der Waals surface area contributed by atoms with Crippen LogP contribution in [-0.4, -0.2) is 32.2 Å². The fraction of sp³-hybridized carbons (Fsp3) is 0.125. The number of H-pyrrole nitrogens is 1. The van der Waals surface area contributed by atoms with Crippen LogP contribution in [0.25, 0.3) is 21.6 Å². The number of amides is 1. The van der Waals surface area contributed by atoms with E-state index in [9.17, 15) is 4.79 Å². The molecule has 3 aromatic heterocycles. The molecule has 5 rings (SSSR count). The zero-order valence-electron chi connectivity index (χ0n) is 16.8. The summed E-state index contributed by atoms with van der Waals surface area (Å²) < 4.78 is 1.83. The Hall–Kier alpha value is -3.71. The molecule has 0 radical (unpaired) electrons. The molecule has 0 unspecified atom stereocenters. The van der Waals surface area contributed by atoms with Gasteiger partial charge in [0.15, 0.2) is 0 Å². The number of benzene rings is 2. The molecule has 0 saturated carbocycles. The number of aromatic amines is 1. The molecule has 7 heteroatoms. The normalized spacial score (nSPS) is 11.1. The average molecular weight is 428 g/mol. The molecule has 0 spiro atoms. The van der Waals surface area contributed by atoms with Crippen LogP contribution in [0.1, 0.15) is 21.7 Å². The molecule has 31 heavy (non-hydrogen) atoms. The molecule has 0 saturated heterocycles. The first-order valence-corrected chi connectivity index (χ1v) is 11.0. The van der Waals surface area contributed by atoms with Crippen LogP contribution >= 0.6 is 11.3 Å². The van der Waals surface area contributed by atoms with Crippen molar-refractivity contribution >= 4 is 28.3 Å². The number of hydrogen-bond acceptors (Lipinski definition) is 4. The fourth-order valence-corrected chi connectivity index (χ4v) is 4.27. The van der Waals surface area contributed by atoms with Gasteiger partial charge in [-0.05, 0) is 29.1 Å². The Morgan fingerprint density at radius 3 is 2.68 bits per heavy atom. The molecule has 2 aromatic carbocycles. The molecular formula is C24H21N5OS. The summed E-state index contributed by atoms with van der Waals surface area (Å²) in [6, 6.07) is 22.0. The maximum Gasteiger partial charge on any atom is 0.255 e. The van der Waals surface area contributed by atoms with Crippen molar-refractivity contribution in [1.29, 1.82) is 0 Å². The SMILES string of the molecule is O=C(NCCc1nc2ccccc2[nH]1)c1cn(Cc2ccccc2)nc1-c1cccs1. The molecule has 3 heterocycles. The van der Waals surface area contributed by atoms with Gasteiger partial charge in [0, 0.05) is 19.2 Å². The lowest BCUT2D eigenvalue weighted by atomic mass is 10.2. The Kier molecular flexibility index (Phi) is 5.33. The van der Waals surface area contributed by atoms with Gasteiger partial charge in [0.2, 0.25) is 0 Å². The number of imidazole rings is 1. The Morgan fingerprint density at radius 2 is 1.87 bits per heavy atom. The van der Waals surface area contributed by atoms with Crippen molar-refractivity contribution in [2.75, 3.05) is 6.54 Å². The van der Waals surface area contributed by atoms with Gasteiger partial charge in [-0.2, -0.15) is 5.10 Å². The summed E-state index contributed by atoms with van der Waals surface area (Å²) in [5.41, 5.74) is 4.38. The van der Waals surface area contributed by atoms with E-state index in [0.29, 0.717) is 30.8 Å². The third-order valence-electron chi connectivity index (χ3n) is 5.03. The molecule has 154 valence electrons. The smallest absolute Gasteiger partial charge is 0.255 e. The van der Waals surface area contributed by atoms with Gasteiger partial charge in [0.05, 0.1) is 28.0 Å². The topological polar surface area (TPSA) is 75.6 Å². The summed E-state index contributed by atoms with van der Waals surface area (Å²) in [5.74, 6) is 0.735. The van der Waals surface area contributed by atoms with Crippen molar-refractivity contribution in [3.63, 3.8) is 0 Å². The van der Waals surface area contributed by atoms with Crippen LogP contribution in [0.15, 0.2) is 78.3 Å². The maximum absolute atomic E-state index is 13.0. The second-order valence-electron chi connectivity index (χ2n) is 7.26. The Labute approximate surface area is 183 Å². The van der Waals surface area contributed by atoms with E-state index in [1.165, 1.54) is 0 Å². The Balaban J connectivity index is 1.32. The number of thiophene rings is 1. The lowest BCUT2D eigenvalue weighted by Crippen LogP contribution is -2.26. The van der Waals surface area contributed by atoms with Crippen LogP contribution in [0.4, 0.5) is 0 Å². The van der Waals surface area contributed by atoms with Gasteiger partial charge < -0.3 is 10.3 Å². The maximum atomic E-state index is 13.0. The van der Waals surface area contributed by atoms with Crippen LogP contribution in [0, 0.1) is 0 Å². The third-order valence-corrected chi connectivity index (χ3v) is 5.91. The summed E-state index contributed by atoms with van der Waals surface area (Å²) in [6.45, 7) is 1.11. The zero-order valence-corrected chi connectivity index (χ0v) is 17.6. The number of carbonyl (C=O) groups is 1. The number of hydrogen-bond donors (Lipinski definition) is 2. The van der Waals surface area contributed by atoms with E-state index >= 15 is 0 Å². The van der Waals surface area contributed by atoms with E-state index < -0.39 is 0 Å². The number of rotatable bonds is 7. The van der Waals surface area contributed by atoms with Crippen molar-refractivity contribution in [3.8, 4) is 10.6 Å². The second kappa shape index (κ2) is 8.57. The monoisotopic (exact) mass is 427 g/mol. The van der Waals surface area contributed by atoms with E-state index in [1.807, 2.05) is 70.9 Å². The van der Waals surface area contributed by atoms with Gasteiger partial charge in [-0.3, -0.25) is 9.48 Å². The van der Waals surface area contributed by atoms with Gasteiger partial charge >= 0.3 is 0 Å². The molecular weight excluding hydrogens is 406 g/mol. The standard InChI is InChI=1S/C24H21N5OS/c30-24(25-13-12-22-26-19-9-4-5-10-20(19)27-22)18-16-29(15-17-7-2-1-3-8-17)28-23(18)21-11-6-14-31-21/h1-11,14,16H,12-13,15H2,(H,25,30)(H,26,27). The number of nitrogens with one attached hydrogen (secondary N) is 2. The number of para-hydroxylation sites is 2. The highest BCUT2D eigenvalue weighted by Crippen LogP contribution is 2.27. The average Bonchev–Trinajstić information content (AvgIpc) is 3.53. The molecule has 0 fully saturated rings. The summed E-state index contributed by atoms with van der Waals surface area (Å²) in [6.07, 6.45) is 2.46. The summed E-state index contributed by atoms with van der Waals surface area (Å²) >= 11 is 1.58.